The van der Waals surface area contributed by atoms with Gasteiger partial charge in [-0.15, -0.1) is 0 Å². The summed E-state index contributed by atoms with van der Waals surface area (Å²) in [6.45, 7) is 0. The Kier molecular flexibility index (Phi) is 4.59. The van der Waals surface area contributed by atoms with E-state index in [1.807, 2.05) is 0 Å². The molecule has 0 heterocycles. The molecule has 2 aromatic rings. The van der Waals surface area contributed by atoms with Crippen LogP contribution in [0.3, 0.4) is 0 Å². The Morgan fingerprint density at radius 2 is 1.86 bits per heavy atom. The molecule has 108 valence electrons. The molecule has 21 heavy (non-hydrogen) atoms. The highest BCUT2D eigenvalue weighted by molar-refractivity contribution is 9.11. The van der Waals surface area contributed by atoms with Crippen molar-refractivity contribution in [2.45, 2.75) is 0 Å². The Balaban J connectivity index is 2.23. The van der Waals surface area contributed by atoms with Gasteiger partial charge in [-0.3, -0.25) is 14.9 Å². The van der Waals surface area contributed by atoms with Gasteiger partial charge in [-0.25, -0.2) is 0 Å². The molecule has 8 heteroatoms. The lowest BCUT2D eigenvalue weighted by Gasteiger charge is -2.08. The first kappa shape index (κ1) is 15.5. The van der Waals surface area contributed by atoms with Crippen LogP contribution >= 0.6 is 31.9 Å². The van der Waals surface area contributed by atoms with Gasteiger partial charge in [-0.2, -0.15) is 0 Å². The van der Waals surface area contributed by atoms with Crippen LogP contribution in [0, 0.1) is 10.1 Å². The summed E-state index contributed by atoms with van der Waals surface area (Å²) < 4.78 is 0.806. The van der Waals surface area contributed by atoms with Gasteiger partial charge in [0.05, 0.1) is 15.1 Å². The number of nitro benzene ring substituents is 1. The van der Waals surface area contributed by atoms with Crippen LogP contribution in [0.1, 0.15) is 10.4 Å². The zero-order valence-electron chi connectivity index (χ0n) is 10.3. The number of nitrogens with one attached hydrogen (secondary N) is 1. The van der Waals surface area contributed by atoms with Crippen LogP contribution in [0.4, 0.5) is 11.4 Å². The van der Waals surface area contributed by atoms with Crippen LogP contribution in [0.5, 0.6) is 5.75 Å². The highest BCUT2D eigenvalue weighted by Crippen LogP contribution is 2.28. The lowest BCUT2D eigenvalue weighted by Crippen LogP contribution is -2.12. The molecule has 0 unspecified atom stereocenters. The number of hydrogen-bond donors (Lipinski definition) is 2. The van der Waals surface area contributed by atoms with E-state index in [1.54, 1.807) is 0 Å². The molecule has 0 fully saturated rings. The minimum Gasteiger partial charge on any atom is -0.507 e. The molecule has 0 saturated carbocycles. The lowest BCUT2D eigenvalue weighted by molar-refractivity contribution is -0.384. The number of carbonyl (C=O) groups is 1. The lowest BCUT2D eigenvalue weighted by atomic mass is 10.2. The Bertz CT molecular complexity index is 734. The van der Waals surface area contributed by atoms with Crippen molar-refractivity contribution in [3.05, 3.63) is 61.0 Å². The topological polar surface area (TPSA) is 92.5 Å². The first-order valence-corrected chi connectivity index (χ1v) is 7.21. The van der Waals surface area contributed by atoms with Crippen molar-refractivity contribution < 1.29 is 14.8 Å². The average Bonchev–Trinajstić information content (AvgIpc) is 2.43. The van der Waals surface area contributed by atoms with Crippen molar-refractivity contribution in [3.8, 4) is 5.75 Å². The number of rotatable bonds is 3. The van der Waals surface area contributed by atoms with E-state index < -0.39 is 10.8 Å². The normalized spacial score (nSPS) is 10.2. The van der Waals surface area contributed by atoms with Crippen LogP contribution in [-0.4, -0.2) is 15.9 Å². The average molecular weight is 416 g/mol. The molecule has 0 atom stereocenters. The number of nitrogens with zero attached hydrogens (tertiary/aromatic N) is 1. The fourth-order valence-electron chi connectivity index (χ4n) is 1.56. The Labute approximate surface area is 136 Å². The number of non-ortho nitro benzene ring substituents is 1. The largest absolute Gasteiger partial charge is 0.507 e. The summed E-state index contributed by atoms with van der Waals surface area (Å²) in [5, 5.41) is 22.7. The van der Waals surface area contributed by atoms with Crippen LogP contribution in [0.25, 0.3) is 0 Å². The monoisotopic (exact) mass is 414 g/mol. The third-order valence-electron chi connectivity index (χ3n) is 2.62. The van der Waals surface area contributed by atoms with Crippen LogP contribution in [-0.2, 0) is 0 Å². The van der Waals surface area contributed by atoms with E-state index in [2.05, 4.69) is 37.2 Å². The van der Waals surface area contributed by atoms with Crippen LogP contribution in [0.15, 0.2) is 45.3 Å². The molecule has 0 aliphatic heterocycles. The van der Waals surface area contributed by atoms with Gasteiger partial charge in [0.2, 0.25) is 0 Å². The maximum absolute atomic E-state index is 12.1. The van der Waals surface area contributed by atoms with E-state index in [0.717, 1.165) is 0 Å². The van der Waals surface area contributed by atoms with E-state index >= 15 is 0 Å². The van der Waals surface area contributed by atoms with Gasteiger partial charge in [0.1, 0.15) is 5.75 Å². The minimum atomic E-state index is -0.520. The highest BCUT2D eigenvalue weighted by Gasteiger charge is 2.13. The molecule has 2 N–H and O–H groups in total. The van der Waals surface area contributed by atoms with Gasteiger partial charge < -0.3 is 10.4 Å². The maximum atomic E-state index is 12.1. The van der Waals surface area contributed by atoms with Crippen molar-refractivity contribution in [1.29, 1.82) is 0 Å². The molecule has 2 aromatic carbocycles. The molecule has 0 aromatic heterocycles. The van der Waals surface area contributed by atoms with Gasteiger partial charge in [-0.05, 0) is 56.1 Å². The van der Waals surface area contributed by atoms with Crippen molar-refractivity contribution in [2.24, 2.45) is 0 Å². The van der Waals surface area contributed by atoms with Crippen molar-refractivity contribution in [1.82, 2.24) is 0 Å². The predicted molar refractivity (Wildman–Crippen MR) is 84.6 cm³/mol. The summed E-state index contributed by atoms with van der Waals surface area (Å²) in [5.74, 6) is -0.367. The molecule has 6 nitrogen and oxygen atoms in total. The van der Waals surface area contributed by atoms with E-state index in [0.29, 0.717) is 20.2 Å². The number of hydrogen-bond acceptors (Lipinski definition) is 4. The molecule has 1 amide bonds. The Morgan fingerprint density at radius 1 is 1.14 bits per heavy atom. The molecule has 2 rings (SSSR count). The maximum Gasteiger partial charge on any atom is 0.270 e. The first-order valence-electron chi connectivity index (χ1n) is 5.62. The smallest absolute Gasteiger partial charge is 0.270 e. The summed E-state index contributed by atoms with van der Waals surface area (Å²) in [7, 11) is 0. The number of phenols is 1. The SMILES string of the molecule is O=C(Nc1ccc([N+](=O)[O-])cc1Br)c1ccc(O)c(Br)c1. The number of aromatic hydroxyl groups is 1. The number of carbonyl (C=O) groups excluding carboxylic acids is 1. The van der Waals surface area contributed by atoms with E-state index in [4.69, 9.17) is 0 Å². The number of anilines is 1. The third-order valence-corrected chi connectivity index (χ3v) is 3.91. The Morgan fingerprint density at radius 3 is 2.43 bits per heavy atom. The number of benzene rings is 2. The molecular weight excluding hydrogens is 408 g/mol. The number of nitro groups is 1. The van der Waals surface area contributed by atoms with Gasteiger partial charge in [0, 0.05) is 22.2 Å². The highest BCUT2D eigenvalue weighted by atomic mass is 79.9. The zero-order chi connectivity index (χ0) is 15.6. The summed E-state index contributed by atoms with van der Waals surface area (Å²) in [6, 6.07) is 8.38. The summed E-state index contributed by atoms with van der Waals surface area (Å²) in [4.78, 5) is 22.2. The van der Waals surface area contributed by atoms with Crippen LogP contribution in [0.2, 0.25) is 0 Å². The Hall–Kier alpha value is -1.93. The predicted octanol–water partition coefficient (Wildman–Crippen LogP) is 4.08. The summed E-state index contributed by atoms with van der Waals surface area (Å²) in [5.41, 5.74) is 0.673. The van der Waals surface area contributed by atoms with Gasteiger partial charge in [0.25, 0.3) is 11.6 Å². The summed E-state index contributed by atoms with van der Waals surface area (Å²) in [6.07, 6.45) is 0. The molecule has 0 spiro atoms. The van der Waals surface area contributed by atoms with Crippen molar-refractivity contribution >= 4 is 49.1 Å². The molecule has 0 aliphatic carbocycles. The second-order valence-electron chi connectivity index (χ2n) is 4.04. The second kappa shape index (κ2) is 6.23. The molecule has 0 bridgehead atoms. The van der Waals surface area contributed by atoms with E-state index in [-0.39, 0.29) is 11.4 Å². The van der Waals surface area contributed by atoms with Gasteiger partial charge in [-0.1, -0.05) is 0 Å². The van der Waals surface area contributed by atoms with E-state index in [9.17, 15) is 20.0 Å². The third kappa shape index (κ3) is 3.59. The quantitative estimate of drug-likeness (QED) is 0.583. The van der Waals surface area contributed by atoms with Gasteiger partial charge >= 0.3 is 0 Å². The van der Waals surface area contributed by atoms with Crippen molar-refractivity contribution in [2.75, 3.05) is 5.32 Å². The summed E-state index contributed by atoms with van der Waals surface area (Å²) >= 11 is 6.30. The van der Waals surface area contributed by atoms with E-state index in [1.165, 1.54) is 36.4 Å². The molecule has 0 aliphatic rings. The van der Waals surface area contributed by atoms with Crippen LogP contribution < -0.4 is 5.32 Å². The number of halogens is 2. The van der Waals surface area contributed by atoms with Gasteiger partial charge in [0.15, 0.2) is 0 Å². The fraction of sp³-hybridized carbons (Fsp3) is 0. The molecule has 0 saturated heterocycles. The first-order chi connectivity index (χ1) is 9.88. The minimum absolute atomic E-state index is 0.0306. The molecular formula is C13H8Br2N2O4. The number of phenolic OH excluding ortho intramolecular Hbond substituents is 1. The van der Waals surface area contributed by atoms with Crippen molar-refractivity contribution in [3.63, 3.8) is 0 Å². The molecule has 0 radical (unpaired) electrons. The number of amides is 1. The standard InChI is InChI=1S/C13H8Br2N2O4/c14-9-6-8(17(20)21)2-3-11(9)16-13(19)7-1-4-12(18)10(15)5-7/h1-6,18H,(H,16,19). The zero-order valence-corrected chi connectivity index (χ0v) is 13.5. The second-order valence-corrected chi connectivity index (χ2v) is 5.75. The fourth-order valence-corrected chi connectivity index (χ4v) is 2.41.